The van der Waals surface area contributed by atoms with Gasteiger partial charge in [0.2, 0.25) is 5.91 Å². The van der Waals surface area contributed by atoms with Gasteiger partial charge in [0.25, 0.3) is 0 Å². The number of nitrogens with one attached hydrogen (secondary N) is 2. The van der Waals surface area contributed by atoms with E-state index in [1.54, 1.807) is 0 Å². The van der Waals surface area contributed by atoms with Crippen LogP contribution < -0.4 is 10.6 Å². The maximum Gasteiger partial charge on any atom is 0.221 e. The van der Waals surface area contributed by atoms with Crippen molar-refractivity contribution in [3.63, 3.8) is 0 Å². The van der Waals surface area contributed by atoms with Gasteiger partial charge in [-0.1, -0.05) is 37.6 Å². The van der Waals surface area contributed by atoms with Crippen LogP contribution >= 0.6 is 23.4 Å². The summed E-state index contributed by atoms with van der Waals surface area (Å²) in [4.78, 5) is 12.1. The number of carbonyl (C=O) groups is 1. The molecule has 0 spiro atoms. The van der Waals surface area contributed by atoms with Crippen molar-refractivity contribution in [1.29, 1.82) is 0 Å². The number of thioether (sulfide) groups is 1. The number of hydrogen-bond donors (Lipinski definition) is 2. The Morgan fingerprint density at radius 1 is 1.52 bits per heavy atom. The lowest BCUT2D eigenvalue weighted by Crippen LogP contribution is -2.43. The second-order valence-corrected chi connectivity index (χ2v) is 7.69. The Morgan fingerprint density at radius 2 is 2.33 bits per heavy atom. The number of rotatable bonds is 5. The van der Waals surface area contributed by atoms with Crippen molar-refractivity contribution in [2.45, 2.75) is 31.7 Å². The summed E-state index contributed by atoms with van der Waals surface area (Å²) in [5.74, 6) is 2.27. The zero-order valence-corrected chi connectivity index (χ0v) is 14.2. The minimum atomic E-state index is -0.130. The lowest BCUT2D eigenvalue weighted by Gasteiger charge is -2.27. The summed E-state index contributed by atoms with van der Waals surface area (Å²) in [6.07, 6.45) is 0.554. The first-order valence-corrected chi connectivity index (χ1v) is 8.84. The average molecular weight is 327 g/mol. The minimum Gasteiger partial charge on any atom is -0.355 e. The quantitative estimate of drug-likeness (QED) is 0.874. The largest absolute Gasteiger partial charge is 0.355 e. The monoisotopic (exact) mass is 326 g/mol. The van der Waals surface area contributed by atoms with E-state index in [4.69, 9.17) is 11.6 Å². The van der Waals surface area contributed by atoms with E-state index in [1.807, 2.05) is 30.0 Å². The van der Waals surface area contributed by atoms with Gasteiger partial charge in [-0.3, -0.25) is 4.79 Å². The van der Waals surface area contributed by atoms with Crippen LogP contribution in [-0.4, -0.2) is 36.5 Å². The third kappa shape index (κ3) is 5.20. The lowest BCUT2D eigenvalue weighted by molar-refractivity contribution is -0.121. The van der Waals surface area contributed by atoms with Crippen molar-refractivity contribution in [2.75, 3.05) is 24.6 Å². The fourth-order valence-electron chi connectivity index (χ4n) is 2.38. The summed E-state index contributed by atoms with van der Waals surface area (Å²) in [6, 6.07) is 8.14. The van der Waals surface area contributed by atoms with Crippen LogP contribution in [0.5, 0.6) is 0 Å². The van der Waals surface area contributed by atoms with Gasteiger partial charge in [-0.15, -0.1) is 0 Å². The van der Waals surface area contributed by atoms with Crippen LogP contribution in [0.1, 0.15) is 25.8 Å². The average Bonchev–Trinajstić information content (AvgIpc) is 2.46. The van der Waals surface area contributed by atoms with Crippen LogP contribution in [-0.2, 0) is 10.2 Å². The Labute approximate surface area is 136 Å². The fourth-order valence-corrected chi connectivity index (χ4v) is 3.52. The summed E-state index contributed by atoms with van der Waals surface area (Å²) in [6.45, 7) is 5.85. The predicted molar refractivity (Wildman–Crippen MR) is 91.2 cm³/mol. The molecule has 1 fully saturated rings. The molecule has 5 heteroatoms. The molecule has 1 aromatic carbocycles. The molecule has 0 aliphatic carbocycles. The van der Waals surface area contributed by atoms with Gasteiger partial charge in [0.1, 0.15) is 0 Å². The molecule has 116 valence electrons. The highest BCUT2D eigenvalue weighted by Crippen LogP contribution is 2.24. The highest BCUT2D eigenvalue weighted by Gasteiger charge is 2.23. The van der Waals surface area contributed by atoms with E-state index >= 15 is 0 Å². The van der Waals surface area contributed by atoms with Gasteiger partial charge >= 0.3 is 0 Å². The number of benzene rings is 1. The van der Waals surface area contributed by atoms with E-state index in [0.717, 1.165) is 28.6 Å². The molecule has 1 saturated heterocycles. The van der Waals surface area contributed by atoms with Crippen molar-refractivity contribution < 1.29 is 4.79 Å². The molecule has 3 nitrogen and oxygen atoms in total. The van der Waals surface area contributed by atoms with Crippen molar-refractivity contribution in [1.82, 2.24) is 10.6 Å². The number of carbonyl (C=O) groups excluding carboxylic acids is 1. The Kier molecular flexibility index (Phi) is 5.97. The molecule has 0 radical (unpaired) electrons. The molecule has 2 N–H and O–H groups in total. The highest BCUT2D eigenvalue weighted by atomic mass is 35.5. The van der Waals surface area contributed by atoms with Crippen LogP contribution in [0.15, 0.2) is 24.3 Å². The van der Waals surface area contributed by atoms with Crippen LogP contribution in [0.4, 0.5) is 0 Å². The molecule has 1 atom stereocenters. The van der Waals surface area contributed by atoms with Crippen molar-refractivity contribution >= 4 is 29.3 Å². The van der Waals surface area contributed by atoms with Gasteiger partial charge in [0.05, 0.1) is 0 Å². The summed E-state index contributed by atoms with van der Waals surface area (Å²) < 4.78 is 0. The van der Waals surface area contributed by atoms with Crippen LogP contribution in [0, 0.1) is 0 Å². The maximum absolute atomic E-state index is 12.1. The number of halogens is 1. The van der Waals surface area contributed by atoms with Crippen molar-refractivity contribution in [2.24, 2.45) is 0 Å². The molecule has 21 heavy (non-hydrogen) atoms. The van der Waals surface area contributed by atoms with Gasteiger partial charge < -0.3 is 10.6 Å². The third-order valence-electron chi connectivity index (χ3n) is 3.76. The molecule has 1 unspecified atom stereocenters. The molecule has 2 rings (SSSR count). The van der Waals surface area contributed by atoms with Gasteiger partial charge in [0, 0.05) is 47.5 Å². The van der Waals surface area contributed by atoms with E-state index < -0.39 is 0 Å². The lowest BCUT2D eigenvalue weighted by atomic mass is 9.84. The Bertz CT molecular complexity index is 487. The van der Waals surface area contributed by atoms with Gasteiger partial charge in [-0.2, -0.15) is 11.8 Å². The SMILES string of the molecule is CC(C)(CNC(=O)CC1CSCCN1)c1cccc(Cl)c1. The zero-order chi connectivity index (χ0) is 15.3. The molecule has 1 aliphatic rings. The van der Waals surface area contributed by atoms with Crippen molar-refractivity contribution in [3.05, 3.63) is 34.9 Å². The maximum atomic E-state index is 12.1. The van der Waals surface area contributed by atoms with E-state index in [-0.39, 0.29) is 11.3 Å². The molecule has 1 amide bonds. The van der Waals surface area contributed by atoms with Gasteiger partial charge in [-0.05, 0) is 17.7 Å². The van der Waals surface area contributed by atoms with Gasteiger partial charge in [-0.25, -0.2) is 0 Å². The molecule has 0 saturated carbocycles. The number of hydrogen-bond acceptors (Lipinski definition) is 3. The zero-order valence-electron chi connectivity index (χ0n) is 12.6. The smallest absolute Gasteiger partial charge is 0.221 e. The van der Waals surface area contributed by atoms with Crippen LogP contribution in [0.25, 0.3) is 0 Å². The first-order chi connectivity index (χ1) is 9.97. The second-order valence-electron chi connectivity index (χ2n) is 6.10. The minimum absolute atomic E-state index is 0.116. The van der Waals surface area contributed by atoms with E-state index in [2.05, 4.69) is 30.5 Å². The molecule has 0 aromatic heterocycles. The van der Waals surface area contributed by atoms with E-state index in [1.165, 1.54) is 0 Å². The molecular weight excluding hydrogens is 304 g/mol. The normalized spacial score (nSPS) is 19.3. The highest BCUT2D eigenvalue weighted by molar-refractivity contribution is 7.99. The molecule has 1 aromatic rings. The molecule has 1 aliphatic heterocycles. The summed E-state index contributed by atoms with van der Waals surface area (Å²) in [5.41, 5.74) is 1.01. The molecular formula is C16H23ClN2OS. The summed E-state index contributed by atoms with van der Waals surface area (Å²) in [5, 5.41) is 7.18. The first-order valence-electron chi connectivity index (χ1n) is 7.31. The van der Waals surface area contributed by atoms with Crippen molar-refractivity contribution in [3.8, 4) is 0 Å². The standard InChI is InChI=1S/C16H23ClN2OS/c1-16(2,12-4-3-5-13(17)8-12)11-19-15(20)9-14-10-21-7-6-18-14/h3-5,8,14,18H,6-7,9-11H2,1-2H3,(H,19,20). The van der Waals surface area contributed by atoms with Gasteiger partial charge in [0.15, 0.2) is 0 Å². The Morgan fingerprint density at radius 3 is 3.00 bits per heavy atom. The number of amides is 1. The van der Waals surface area contributed by atoms with Crippen LogP contribution in [0.2, 0.25) is 5.02 Å². The van der Waals surface area contributed by atoms with Crippen LogP contribution in [0.3, 0.4) is 0 Å². The topological polar surface area (TPSA) is 41.1 Å². The van der Waals surface area contributed by atoms with E-state index in [9.17, 15) is 4.79 Å². The Balaban J connectivity index is 1.84. The first kappa shape index (κ1) is 16.7. The second kappa shape index (κ2) is 7.52. The predicted octanol–water partition coefficient (Wildman–Crippen LogP) is 2.83. The fraction of sp³-hybridized carbons (Fsp3) is 0.562. The Hall–Kier alpha value is -0.710. The summed E-state index contributed by atoms with van der Waals surface area (Å²) in [7, 11) is 0. The summed E-state index contributed by atoms with van der Waals surface area (Å²) >= 11 is 7.95. The molecule has 0 bridgehead atoms. The van der Waals surface area contributed by atoms with E-state index in [0.29, 0.717) is 19.0 Å². The third-order valence-corrected chi connectivity index (χ3v) is 5.13. The molecule has 1 heterocycles.